The van der Waals surface area contributed by atoms with Gasteiger partial charge in [0.25, 0.3) is 0 Å². The summed E-state index contributed by atoms with van der Waals surface area (Å²) in [6.45, 7) is 0.574. The molecule has 0 aromatic heterocycles. The second kappa shape index (κ2) is 14.2. The molecule has 0 aliphatic heterocycles. The van der Waals surface area contributed by atoms with Crippen LogP contribution in [0.25, 0.3) is 0 Å². The van der Waals surface area contributed by atoms with Gasteiger partial charge in [-0.3, -0.25) is 19.2 Å². The zero-order chi connectivity index (χ0) is 25.6. The number of carbonyl (C=O) groups excluding carboxylic acids is 3. The second-order valence-electron chi connectivity index (χ2n) is 8.51. The Bertz CT molecular complexity index is 1150. The summed E-state index contributed by atoms with van der Waals surface area (Å²) in [5.41, 5.74) is -0.547. The van der Waals surface area contributed by atoms with Crippen molar-refractivity contribution in [1.29, 1.82) is 0 Å². The number of ether oxygens (including phenoxy) is 1. The van der Waals surface area contributed by atoms with Gasteiger partial charge in [-0.2, -0.15) is 0 Å². The summed E-state index contributed by atoms with van der Waals surface area (Å²) in [7, 11) is 1.30. The third-order valence-corrected chi connectivity index (χ3v) is 6.89. The number of esters is 1. The van der Waals surface area contributed by atoms with Crippen LogP contribution < -0.4 is 40.2 Å². The maximum absolute atomic E-state index is 12.0. The van der Waals surface area contributed by atoms with E-state index in [0.29, 0.717) is 42.3 Å². The summed E-state index contributed by atoms with van der Waals surface area (Å²) < 4.78 is 4.65. The van der Waals surface area contributed by atoms with E-state index in [1.165, 1.54) is 7.11 Å². The molecule has 2 aliphatic carbocycles. The minimum Gasteiger partial charge on any atom is -1.00 e. The molecule has 0 bridgehead atoms. The van der Waals surface area contributed by atoms with Crippen LogP contribution in [-0.2, 0) is 37.0 Å². The fraction of sp³-hybridized carbons (Fsp3) is 0.360. The van der Waals surface area contributed by atoms with Gasteiger partial charge in [-0.05, 0) is 48.9 Å². The number of carboxylic acid groups (broad SMARTS) is 1. The van der Waals surface area contributed by atoms with Gasteiger partial charge in [0.1, 0.15) is 10.8 Å². The molecule has 2 aliphatic rings. The quantitative estimate of drug-likeness (QED) is 0.247. The van der Waals surface area contributed by atoms with Crippen molar-refractivity contribution in [3.63, 3.8) is 0 Å². The van der Waals surface area contributed by atoms with E-state index in [1.54, 1.807) is 24.3 Å². The maximum atomic E-state index is 12.0. The van der Waals surface area contributed by atoms with Gasteiger partial charge in [-0.15, -0.1) is 0 Å². The zero-order valence-electron chi connectivity index (χ0n) is 21.7. The molecule has 3 N–H and O–H groups in total. The molecule has 191 valence electrons. The summed E-state index contributed by atoms with van der Waals surface area (Å²) in [6.07, 6.45) is 1.93. The molecular weight excluding hydrogens is 529 g/mol. The van der Waals surface area contributed by atoms with Crippen LogP contribution in [0.3, 0.4) is 0 Å². The van der Waals surface area contributed by atoms with Crippen LogP contribution in [0.2, 0.25) is 10.0 Å². The number of carbonyl (C=O) groups is 4. The number of aliphatic carboxylic acids is 1. The minimum absolute atomic E-state index is 0. The predicted octanol–water partition coefficient (Wildman–Crippen LogP) is 0.466. The molecule has 37 heavy (non-hydrogen) atoms. The molecule has 2 amide bonds. The maximum Gasteiger partial charge on any atom is 1.00 e. The van der Waals surface area contributed by atoms with Gasteiger partial charge >= 0.3 is 41.5 Å². The minimum atomic E-state index is -1.19. The van der Waals surface area contributed by atoms with Crippen molar-refractivity contribution in [2.45, 2.75) is 38.8 Å². The van der Waals surface area contributed by atoms with E-state index in [0.717, 1.165) is 11.1 Å². The zero-order valence-corrected chi connectivity index (χ0v) is 24.2. The van der Waals surface area contributed by atoms with Gasteiger partial charge in [0.15, 0.2) is 0 Å². The smallest absolute Gasteiger partial charge is 1.00 e. The SMILES string of the molecule is COC(=O)C1(C(=O)NCc2ccccc2Cl)CC1.O=C(O)C1(C(=O)NCc2ccccc2Cl)CC1.[B].[H-].[Na+]. The van der Waals surface area contributed by atoms with Gasteiger partial charge in [-0.25, -0.2) is 0 Å². The molecule has 0 unspecified atom stereocenters. The van der Waals surface area contributed by atoms with Crippen LogP contribution in [-0.4, -0.2) is 44.4 Å². The third-order valence-electron chi connectivity index (χ3n) is 6.15. The van der Waals surface area contributed by atoms with Crippen molar-refractivity contribution in [2.75, 3.05) is 7.11 Å². The van der Waals surface area contributed by atoms with E-state index in [-0.39, 0.29) is 51.8 Å². The average molecular weight is 556 g/mol. The van der Waals surface area contributed by atoms with E-state index < -0.39 is 28.7 Å². The molecule has 2 fully saturated rings. The molecule has 2 aromatic carbocycles. The van der Waals surface area contributed by atoms with E-state index >= 15 is 0 Å². The molecule has 0 atom stereocenters. The number of nitrogens with one attached hydrogen (secondary N) is 2. The van der Waals surface area contributed by atoms with E-state index in [1.807, 2.05) is 24.3 Å². The number of methoxy groups -OCH3 is 1. The van der Waals surface area contributed by atoms with Crippen molar-refractivity contribution in [1.82, 2.24) is 10.6 Å². The standard InChI is InChI=1S/C13H14ClNO3.C12H12ClNO3.B.Na.H/c1-18-12(17)13(6-7-13)11(16)15-8-9-4-2-3-5-10(9)14;13-9-4-2-1-3-8(9)7-14-10(15)12(5-6-12)11(16)17;;;/h2-5H,6-8H2,1H3,(H,15,16);1-4H,5-7H2,(H,14,15)(H,16,17);;;/q;;;+1;-1. The Hall–Kier alpha value is -2.04. The van der Waals surface area contributed by atoms with Crippen LogP contribution in [0.4, 0.5) is 0 Å². The van der Waals surface area contributed by atoms with Crippen molar-refractivity contribution in [3.8, 4) is 0 Å². The summed E-state index contributed by atoms with van der Waals surface area (Å²) >= 11 is 11.9. The monoisotopic (exact) mass is 555 g/mol. The third kappa shape index (κ3) is 7.98. The van der Waals surface area contributed by atoms with Crippen molar-refractivity contribution in [2.24, 2.45) is 10.8 Å². The molecule has 4 rings (SSSR count). The summed E-state index contributed by atoms with van der Waals surface area (Å²) in [6, 6.07) is 14.4. The van der Waals surface area contributed by atoms with Gasteiger partial charge in [-0.1, -0.05) is 59.6 Å². The van der Waals surface area contributed by atoms with Crippen molar-refractivity contribution in [3.05, 3.63) is 69.7 Å². The van der Waals surface area contributed by atoms with Crippen molar-refractivity contribution < 1.29 is 60.0 Å². The van der Waals surface area contributed by atoms with Gasteiger partial charge in [0.05, 0.1) is 7.11 Å². The number of benzene rings is 2. The molecule has 0 heterocycles. The first-order chi connectivity index (χ1) is 16.7. The number of hydrogen-bond donors (Lipinski definition) is 3. The van der Waals surface area contributed by atoms with Crippen LogP contribution >= 0.6 is 23.2 Å². The Morgan fingerprint density at radius 3 is 1.54 bits per heavy atom. The number of amides is 2. The summed E-state index contributed by atoms with van der Waals surface area (Å²) in [4.78, 5) is 46.1. The number of carboxylic acids is 1. The average Bonchev–Trinajstić information content (AvgIpc) is 3.76. The second-order valence-corrected chi connectivity index (χ2v) is 9.32. The fourth-order valence-electron chi connectivity index (χ4n) is 3.48. The van der Waals surface area contributed by atoms with E-state index in [4.69, 9.17) is 28.3 Å². The number of hydrogen-bond acceptors (Lipinski definition) is 5. The largest absolute Gasteiger partial charge is 1.00 e. The topological polar surface area (TPSA) is 122 Å². The van der Waals surface area contributed by atoms with Crippen LogP contribution in [0.5, 0.6) is 0 Å². The van der Waals surface area contributed by atoms with Crippen LogP contribution in [0.1, 0.15) is 38.2 Å². The number of halogens is 2. The Morgan fingerprint density at radius 1 is 0.838 bits per heavy atom. The number of rotatable bonds is 8. The van der Waals surface area contributed by atoms with E-state index in [2.05, 4.69) is 15.4 Å². The normalized spacial score (nSPS) is 15.2. The molecule has 0 saturated heterocycles. The molecule has 2 aromatic rings. The predicted molar refractivity (Wildman–Crippen MR) is 136 cm³/mol. The van der Waals surface area contributed by atoms with Crippen molar-refractivity contribution >= 4 is 55.4 Å². The Balaban J connectivity index is 0.000000669. The van der Waals surface area contributed by atoms with Gasteiger partial charge in [0, 0.05) is 31.5 Å². The van der Waals surface area contributed by atoms with Gasteiger partial charge < -0.3 is 21.9 Å². The molecule has 2 saturated carbocycles. The molecule has 0 spiro atoms. The molecule has 3 radical (unpaired) electrons. The van der Waals surface area contributed by atoms with Crippen LogP contribution in [0, 0.1) is 10.8 Å². The molecule has 8 nitrogen and oxygen atoms in total. The van der Waals surface area contributed by atoms with E-state index in [9.17, 15) is 19.2 Å². The Labute approximate surface area is 251 Å². The fourth-order valence-corrected chi connectivity index (χ4v) is 3.89. The Morgan fingerprint density at radius 2 is 1.22 bits per heavy atom. The molecular formula is C25H27BCl2N2NaO6. The summed E-state index contributed by atoms with van der Waals surface area (Å²) in [5, 5.41) is 15.5. The summed E-state index contributed by atoms with van der Waals surface area (Å²) in [5.74, 6) is -2.22. The first-order valence-corrected chi connectivity index (χ1v) is 11.8. The molecule has 12 heteroatoms. The Kier molecular flexibility index (Phi) is 12.7. The van der Waals surface area contributed by atoms with Gasteiger partial charge in [0.2, 0.25) is 11.8 Å². The first-order valence-electron chi connectivity index (χ1n) is 11.0. The first kappa shape index (κ1) is 33.0. The van der Waals surface area contributed by atoms with Crippen LogP contribution in [0.15, 0.2) is 48.5 Å².